The van der Waals surface area contributed by atoms with E-state index in [0.29, 0.717) is 42.9 Å². The second-order valence-corrected chi connectivity index (χ2v) is 7.71. The Morgan fingerprint density at radius 1 is 1.27 bits per heavy atom. The van der Waals surface area contributed by atoms with E-state index in [1.165, 1.54) is 0 Å². The first-order valence-corrected chi connectivity index (χ1v) is 9.33. The normalized spacial score (nSPS) is 24.0. The third-order valence-corrected chi connectivity index (χ3v) is 6.20. The molecule has 3 aliphatic rings. The summed E-state index contributed by atoms with van der Waals surface area (Å²) in [4.78, 5) is 38.6. The fourth-order valence-electron chi connectivity index (χ4n) is 4.67. The molecule has 1 heterocycles. The Labute approximate surface area is 152 Å². The Kier molecular flexibility index (Phi) is 4.21. The number of hydrogen-bond donors (Lipinski definition) is 1. The molecule has 4 rings (SSSR count). The average molecular weight is 356 g/mol. The van der Waals surface area contributed by atoms with E-state index in [0.717, 1.165) is 25.7 Å². The molecule has 1 unspecified atom stereocenters. The lowest BCUT2D eigenvalue weighted by Crippen LogP contribution is -2.39. The Bertz CT molecular complexity index is 769. The highest BCUT2D eigenvalue weighted by atomic mass is 16.5. The van der Waals surface area contributed by atoms with Crippen molar-refractivity contribution in [2.24, 2.45) is 11.3 Å². The summed E-state index contributed by atoms with van der Waals surface area (Å²) >= 11 is 0. The number of benzene rings is 1. The highest BCUT2D eigenvalue weighted by molar-refractivity contribution is 6.01. The summed E-state index contributed by atoms with van der Waals surface area (Å²) in [6, 6.07) is 5.35. The van der Waals surface area contributed by atoms with Crippen molar-refractivity contribution >= 4 is 29.0 Å². The van der Waals surface area contributed by atoms with E-state index in [4.69, 9.17) is 4.74 Å². The summed E-state index contributed by atoms with van der Waals surface area (Å²) in [6.07, 6.45) is 5.28. The molecule has 0 aromatic heterocycles. The predicted molar refractivity (Wildman–Crippen MR) is 97.2 cm³/mol. The molecule has 1 aliphatic heterocycles. The average Bonchev–Trinajstić information content (AvgIpc) is 3.17. The quantitative estimate of drug-likeness (QED) is 0.900. The van der Waals surface area contributed by atoms with Crippen LogP contribution in [0.15, 0.2) is 18.2 Å². The molecule has 1 atom stereocenters. The lowest BCUT2D eigenvalue weighted by Gasteiger charge is -2.42. The van der Waals surface area contributed by atoms with Crippen LogP contribution in [0.25, 0.3) is 0 Å². The molecule has 1 spiro atoms. The van der Waals surface area contributed by atoms with E-state index in [2.05, 4.69) is 5.32 Å². The van der Waals surface area contributed by atoms with Gasteiger partial charge in [0.15, 0.2) is 0 Å². The van der Waals surface area contributed by atoms with Crippen molar-refractivity contribution in [1.29, 1.82) is 0 Å². The molecule has 1 N–H and O–H groups in total. The van der Waals surface area contributed by atoms with Crippen LogP contribution in [-0.2, 0) is 14.4 Å². The van der Waals surface area contributed by atoms with Gasteiger partial charge in [0.2, 0.25) is 11.8 Å². The summed E-state index contributed by atoms with van der Waals surface area (Å²) in [5, 5.41) is 2.97. The summed E-state index contributed by atoms with van der Waals surface area (Å²) in [7, 11) is 1.57. The molecule has 6 nitrogen and oxygen atoms in total. The van der Waals surface area contributed by atoms with Crippen molar-refractivity contribution in [3.05, 3.63) is 18.2 Å². The maximum atomic E-state index is 12.8. The number of carbonyl (C=O) groups is 3. The molecule has 0 bridgehead atoms. The van der Waals surface area contributed by atoms with Gasteiger partial charge in [0.25, 0.3) is 0 Å². The molecule has 3 fully saturated rings. The molecule has 138 valence electrons. The van der Waals surface area contributed by atoms with Gasteiger partial charge in [0, 0.05) is 31.5 Å². The summed E-state index contributed by atoms with van der Waals surface area (Å²) in [6.45, 7) is 0.660. The van der Waals surface area contributed by atoms with Crippen molar-refractivity contribution < 1.29 is 19.1 Å². The van der Waals surface area contributed by atoms with Gasteiger partial charge in [0.05, 0.1) is 18.7 Å². The van der Waals surface area contributed by atoms with Crippen LogP contribution in [0.3, 0.4) is 0 Å². The fraction of sp³-hybridized carbons (Fsp3) is 0.550. The van der Waals surface area contributed by atoms with E-state index in [1.807, 2.05) is 0 Å². The number of hydrogen-bond acceptors (Lipinski definition) is 4. The first kappa shape index (κ1) is 17.1. The zero-order chi connectivity index (χ0) is 18.3. The Balaban J connectivity index is 1.55. The summed E-state index contributed by atoms with van der Waals surface area (Å²) in [5.41, 5.74) is 1.22. The van der Waals surface area contributed by atoms with E-state index in [9.17, 15) is 14.4 Å². The number of nitrogens with zero attached hydrogens (tertiary/aromatic N) is 1. The number of ketones is 1. The molecular weight excluding hydrogens is 332 g/mol. The summed E-state index contributed by atoms with van der Waals surface area (Å²) < 4.78 is 5.39. The van der Waals surface area contributed by atoms with Crippen LogP contribution in [0.4, 0.5) is 11.4 Å². The number of methoxy groups -OCH3 is 1. The minimum absolute atomic E-state index is 0.0709. The molecule has 2 amide bonds. The van der Waals surface area contributed by atoms with Crippen LogP contribution in [0.1, 0.15) is 44.9 Å². The van der Waals surface area contributed by atoms with Crippen LogP contribution < -0.4 is 15.0 Å². The van der Waals surface area contributed by atoms with Crippen LogP contribution >= 0.6 is 0 Å². The lowest BCUT2D eigenvalue weighted by molar-refractivity contribution is -0.125. The summed E-state index contributed by atoms with van der Waals surface area (Å²) in [5.74, 6) is 0.566. The lowest BCUT2D eigenvalue weighted by atomic mass is 9.62. The number of anilines is 2. The molecule has 1 aromatic rings. The van der Waals surface area contributed by atoms with Gasteiger partial charge >= 0.3 is 0 Å². The standard InChI is InChI=1S/C20H24N2O4/c1-26-17-6-5-13(10-16(17)22-9-2-4-18(22)24)21-19(25)15-11-14(23)12-20(15)7-3-8-20/h5-6,10,15H,2-4,7-9,11-12H2,1H3,(H,21,25). The minimum atomic E-state index is -0.234. The topological polar surface area (TPSA) is 75.7 Å². The maximum absolute atomic E-state index is 12.8. The molecule has 26 heavy (non-hydrogen) atoms. The van der Waals surface area contributed by atoms with Crippen molar-refractivity contribution in [1.82, 2.24) is 0 Å². The van der Waals surface area contributed by atoms with Crippen molar-refractivity contribution in [3.63, 3.8) is 0 Å². The second-order valence-electron chi connectivity index (χ2n) is 7.71. The number of rotatable bonds is 4. The maximum Gasteiger partial charge on any atom is 0.228 e. The highest BCUT2D eigenvalue weighted by Crippen LogP contribution is 2.55. The number of amides is 2. The third kappa shape index (κ3) is 2.77. The SMILES string of the molecule is COc1ccc(NC(=O)C2CC(=O)CC23CCC3)cc1N1CCCC1=O. The van der Waals surface area contributed by atoms with Gasteiger partial charge in [-0.3, -0.25) is 14.4 Å². The Morgan fingerprint density at radius 2 is 2.08 bits per heavy atom. The van der Waals surface area contributed by atoms with Crippen LogP contribution in [0.5, 0.6) is 5.75 Å². The van der Waals surface area contributed by atoms with Crippen LogP contribution in [0, 0.1) is 11.3 Å². The Hall–Kier alpha value is -2.37. The first-order chi connectivity index (χ1) is 12.5. The number of nitrogens with one attached hydrogen (secondary N) is 1. The van der Waals surface area contributed by atoms with E-state index in [1.54, 1.807) is 30.2 Å². The largest absolute Gasteiger partial charge is 0.495 e. The molecule has 6 heteroatoms. The molecule has 0 radical (unpaired) electrons. The van der Waals surface area contributed by atoms with Gasteiger partial charge in [-0.2, -0.15) is 0 Å². The molecule has 2 aliphatic carbocycles. The zero-order valence-corrected chi connectivity index (χ0v) is 15.0. The fourth-order valence-corrected chi connectivity index (χ4v) is 4.67. The van der Waals surface area contributed by atoms with Gasteiger partial charge in [-0.05, 0) is 42.9 Å². The first-order valence-electron chi connectivity index (χ1n) is 9.33. The van der Waals surface area contributed by atoms with Crippen LogP contribution in [0.2, 0.25) is 0 Å². The highest BCUT2D eigenvalue weighted by Gasteiger charge is 2.53. The van der Waals surface area contributed by atoms with Crippen molar-refractivity contribution in [2.75, 3.05) is 23.9 Å². The smallest absolute Gasteiger partial charge is 0.228 e. The van der Waals surface area contributed by atoms with Gasteiger partial charge in [-0.1, -0.05) is 6.42 Å². The van der Waals surface area contributed by atoms with Gasteiger partial charge in [-0.15, -0.1) is 0 Å². The second kappa shape index (κ2) is 6.41. The molecule has 2 saturated carbocycles. The zero-order valence-electron chi connectivity index (χ0n) is 15.0. The Morgan fingerprint density at radius 3 is 2.69 bits per heavy atom. The number of carbonyl (C=O) groups excluding carboxylic acids is 3. The van der Waals surface area contributed by atoms with E-state index in [-0.39, 0.29) is 28.9 Å². The molecular formula is C20H24N2O4. The van der Waals surface area contributed by atoms with Gasteiger partial charge < -0.3 is 15.0 Å². The minimum Gasteiger partial charge on any atom is -0.495 e. The van der Waals surface area contributed by atoms with Gasteiger partial charge in [0.1, 0.15) is 11.5 Å². The number of ether oxygens (including phenoxy) is 1. The molecule has 1 aromatic carbocycles. The van der Waals surface area contributed by atoms with E-state index < -0.39 is 0 Å². The van der Waals surface area contributed by atoms with Crippen molar-refractivity contribution in [3.8, 4) is 5.75 Å². The monoisotopic (exact) mass is 356 g/mol. The van der Waals surface area contributed by atoms with E-state index >= 15 is 0 Å². The van der Waals surface area contributed by atoms with Gasteiger partial charge in [-0.25, -0.2) is 0 Å². The molecule has 1 saturated heterocycles. The van der Waals surface area contributed by atoms with Crippen molar-refractivity contribution in [2.45, 2.75) is 44.9 Å². The van der Waals surface area contributed by atoms with Crippen LogP contribution in [-0.4, -0.2) is 31.3 Å². The predicted octanol–water partition coefficient (Wildman–Crippen LogP) is 2.91. The number of Topliss-reactive ketones (excluding diaryl/α,β-unsaturated/α-hetero) is 1. The third-order valence-electron chi connectivity index (χ3n) is 6.20.